The van der Waals surface area contributed by atoms with E-state index in [0.717, 1.165) is 117 Å². The molecular weight excluding hydrogens is 328 g/mol. The van der Waals surface area contributed by atoms with E-state index in [1.807, 2.05) is 0 Å². The van der Waals surface area contributed by atoms with Crippen LogP contribution in [0.25, 0.3) is 0 Å². The number of nitrogens with two attached hydrogens (primary N) is 4. The quantitative estimate of drug-likeness (QED) is 0.129. The van der Waals surface area contributed by atoms with E-state index in [0.29, 0.717) is 0 Å². The molecule has 158 valence electrons. The van der Waals surface area contributed by atoms with Gasteiger partial charge in [-0.15, -0.1) is 0 Å². The lowest BCUT2D eigenvalue weighted by Gasteiger charge is -2.28. The zero-order valence-corrected chi connectivity index (χ0v) is 16.9. The van der Waals surface area contributed by atoms with Gasteiger partial charge in [0.15, 0.2) is 0 Å². The van der Waals surface area contributed by atoms with Crippen molar-refractivity contribution in [1.82, 2.24) is 20.4 Å². The Kier molecular flexibility index (Phi) is 20.7. The van der Waals surface area contributed by atoms with Gasteiger partial charge in [0.25, 0.3) is 0 Å². The van der Waals surface area contributed by atoms with Crippen LogP contribution in [0.3, 0.4) is 0 Å². The Morgan fingerprint density at radius 2 is 0.808 bits per heavy atom. The third-order valence-corrected chi connectivity index (χ3v) is 4.41. The van der Waals surface area contributed by atoms with Crippen LogP contribution < -0.4 is 33.6 Å². The molecule has 10 N–H and O–H groups in total. The fourth-order valence-electron chi connectivity index (χ4n) is 2.76. The van der Waals surface area contributed by atoms with Gasteiger partial charge < -0.3 is 38.5 Å². The number of rotatable bonds is 21. The van der Waals surface area contributed by atoms with Crippen LogP contribution in [0.4, 0.5) is 0 Å². The Morgan fingerprint density at radius 1 is 0.423 bits per heavy atom. The van der Waals surface area contributed by atoms with Gasteiger partial charge in [0.2, 0.25) is 0 Å². The molecule has 0 aromatic rings. The lowest BCUT2D eigenvalue weighted by atomic mass is 10.3. The average Bonchev–Trinajstić information content (AvgIpc) is 2.66. The zero-order valence-electron chi connectivity index (χ0n) is 16.9. The molecule has 0 saturated carbocycles. The second-order valence-corrected chi connectivity index (χ2v) is 6.75. The van der Waals surface area contributed by atoms with Crippen molar-refractivity contribution in [1.29, 1.82) is 0 Å². The normalized spacial score (nSPS) is 11.8. The van der Waals surface area contributed by atoms with Crippen LogP contribution in [0.5, 0.6) is 0 Å². The van der Waals surface area contributed by atoms with Crippen LogP contribution in [0, 0.1) is 0 Å². The van der Waals surface area contributed by atoms with Gasteiger partial charge in [-0.25, -0.2) is 0 Å². The lowest BCUT2D eigenvalue weighted by Crippen LogP contribution is -2.42. The van der Waals surface area contributed by atoms with Crippen molar-refractivity contribution in [3.63, 3.8) is 0 Å². The summed E-state index contributed by atoms with van der Waals surface area (Å²) >= 11 is 0. The van der Waals surface area contributed by atoms with Crippen molar-refractivity contribution in [2.45, 2.75) is 25.7 Å². The van der Waals surface area contributed by atoms with Crippen molar-refractivity contribution in [2.75, 3.05) is 91.6 Å². The van der Waals surface area contributed by atoms with Crippen LogP contribution in [-0.2, 0) is 0 Å². The van der Waals surface area contributed by atoms with Crippen molar-refractivity contribution in [3.8, 4) is 0 Å². The van der Waals surface area contributed by atoms with Gasteiger partial charge in [-0.1, -0.05) is 0 Å². The highest BCUT2D eigenvalue weighted by atomic mass is 15.2. The SMILES string of the molecule is NCCCNCCN(CCNCCCN)CCN(CCCN)CCCN. The molecule has 0 aliphatic rings. The molecule has 0 bridgehead atoms. The third-order valence-electron chi connectivity index (χ3n) is 4.41. The van der Waals surface area contributed by atoms with Crippen LogP contribution in [0.1, 0.15) is 25.7 Å². The first kappa shape index (κ1) is 25.7. The molecule has 0 aliphatic carbocycles. The van der Waals surface area contributed by atoms with Crippen molar-refractivity contribution >= 4 is 0 Å². The van der Waals surface area contributed by atoms with Crippen LogP contribution >= 0.6 is 0 Å². The molecule has 8 heteroatoms. The molecule has 0 aromatic carbocycles. The topological polar surface area (TPSA) is 135 Å². The number of nitrogens with zero attached hydrogens (tertiary/aromatic N) is 2. The summed E-state index contributed by atoms with van der Waals surface area (Å²) in [5, 5.41) is 6.96. The maximum absolute atomic E-state index is 5.68. The van der Waals surface area contributed by atoms with Crippen LogP contribution in [0.2, 0.25) is 0 Å². The molecule has 26 heavy (non-hydrogen) atoms. The first-order chi connectivity index (χ1) is 12.8. The number of hydrogen-bond donors (Lipinski definition) is 6. The molecule has 0 radical (unpaired) electrons. The Bertz CT molecular complexity index is 246. The second-order valence-electron chi connectivity index (χ2n) is 6.75. The minimum absolute atomic E-state index is 0.749. The molecule has 0 unspecified atom stereocenters. The van der Waals surface area contributed by atoms with Gasteiger partial charge in [-0.3, -0.25) is 4.90 Å². The maximum Gasteiger partial charge on any atom is 0.0110 e. The number of hydrogen-bond acceptors (Lipinski definition) is 8. The fourth-order valence-corrected chi connectivity index (χ4v) is 2.76. The van der Waals surface area contributed by atoms with E-state index in [1.165, 1.54) is 0 Å². The van der Waals surface area contributed by atoms with Gasteiger partial charge in [0.05, 0.1) is 0 Å². The molecule has 0 amide bonds. The summed E-state index contributed by atoms with van der Waals surface area (Å²) in [4.78, 5) is 5.03. The van der Waals surface area contributed by atoms with Crippen LogP contribution in [0.15, 0.2) is 0 Å². The predicted molar refractivity (Wildman–Crippen MR) is 113 cm³/mol. The summed E-state index contributed by atoms with van der Waals surface area (Å²) in [6.45, 7) is 13.4. The molecule has 8 nitrogen and oxygen atoms in total. The van der Waals surface area contributed by atoms with Crippen molar-refractivity contribution < 1.29 is 0 Å². The molecule has 0 aromatic heterocycles. The van der Waals surface area contributed by atoms with Crippen LogP contribution in [-0.4, -0.2) is 101 Å². The van der Waals surface area contributed by atoms with E-state index in [2.05, 4.69) is 20.4 Å². The molecule has 0 saturated heterocycles. The van der Waals surface area contributed by atoms with Gasteiger partial charge in [0.1, 0.15) is 0 Å². The first-order valence-corrected chi connectivity index (χ1v) is 10.4. The summed E-state index contributed by atoms with van der Waals surface area (Å²) in [6, 6.07) is 0. The van der Waals surface area contributed by atoms with E-state index in [4.69, 9.17) is 22.9 Å². The lowest BCUT2D eigenvalue weighted by molar-refractivity contribution is 0.201. The summed E-state index contributed by atoms with van der Waals surface area (Å²) in [6.07, 6.45) is 4.16. The predicted octanol–water partition coefficient (Wildman–Crippen LogP) is -1.84. The van der Waals surface area contributed by atoms with Crippen molar-refractivity contribution in [3.05, 3.63) is 0 Å². The number of nitrogens with one attached hydrogen (secondary N) is 2. The Balaban J connectivity index is 4.20. The first-order valence-electron chi connectivity index (χ1n) is 10.4. The highest BCUT2D eigenvalue weighted by molar-refractivity contribution is 4.67. The molecule has 0 atom stereocenters. The highest BCUT2D eigenvalue weighted by Crippen LogP contribution is 1.96. The van der Waals surface area contributed by atoms with E-state index < -0.39 is 0 Å². The molecule has 0 aliphatic heterocycles. The average molecular weight is 375 g/mol. The Labute approximate surface area is 161 Å². The zero-order chi connectivity index (χ0) is 19.3. The minimum atomic E-state index is 0.749. The molecule has 0 fully saturated rings. The largest absolute Gasteiger partial charge is 0.330 e. The van der Waals surface area contributed by atoms with E-state index in [-0.39, 0.29) is 0 Å². The highest BCUT2D eigenvalue weighted by Gasteiger charge is 2.09. The van der Waals surface area contributed by atoms with Gasteiger partial charge in [-0.05, 0) is 78.0 Å². The summed E-state index contributed by atoms with van der Waals surface area (Å²) in [5.74, 6) is 0. The summed E-state index contributed by atoms with van der Waals surface area (Å²) < 4.78 is 0. The monoisotopic (exact) mass is 374 g/mol. The Hall–Kier alpha value is -0.320. The van der Waals surface area contributed by atoms with E-state index in [9.17, 15) is 0 Å². The summed E-state index contributed by atoms with van der Waals surface area (Å²) in [5.41, 5.74) is 22.4. The fraction of sp³-hybridized carbons (Fsp3) is 1.00. The third kappa shape index (κ3) is 17.1. The molecule has 0 spiro atoms. The Morgan fingerprint density at radius 3 is 1.19 bits per heavy atom. The van der Waals surface area contributed by atoms with Gasteiger partial charge >= 0.3 is 0 Å². The summed E-state index contributed by atoms with van der Waals surface area (Å²) in [7, 11) is 0. The minimum Gasteiger partial charge on any atom is -0.330 e. The molecule has 0 heterocycles. The smallest absolute Gasteiger partial charge is 0.0110 e. The van der Waals surface area contributed by atoms with E-state index in [1.54, 1.807) is 0 Å². The van der Waals surface area contributed by atoms with Gasteiger partial charge in [0, 0.05) is 39.3 Å². The molecule has 0 rings (SSSR count). The maximum atomic E-state index is 5.68. The standard InChI is InChI=1S/C18H46N8/c19-5-1-9-23-11-15-26(16-12-24-10-2-6-20)18-17-25(13-3-7-21)14-4-8-22/h23-24H,1-22H2. The second kappa shape index (κ2) is 21.0. The van der Waals surface area contributed by atoms with Crippen molar-refractivity contribution in [2.24, 2.45) is 22.9 Å². The molecular formula is C18H46N8. The van der Waals surface area contributed by atoms with E-state index >= 15 is 0 Å². The van der Waals surface area contributed by atoms with Gasteiger partial charge in [-0.2, -0.15) is 0 Å².